The zero-order valence-electron chi connectivity index (χ0n) is 5.86. The molecule has 0 aromatic carbocycles. The quantitative estimate of drug-likeness (QED) is 0.355. The molecule has 0 aromatic heterocycles. The van der Waals surface area contributed by atoms with Gasteiger partial charge in [-0.15, -0.1) is 13.2 Å². The predicted molar refractivity (Wildman–Crippen MR) is 49.0 cm³/mol. The summed E-state index contributed by atoms with van der Waals surface area (Å²) < 4.78 is 0. The fourth-order valence-electron chi connectivity index (χ4n) is 0.250. The van der Waals surface area contributed by atoms with Crippen LogP contribution in [0.3, 0.4) is 0 Å². The fourth-order valence-corrected chi connectivity index (χ4v) is 0.802. The maximum Gasteiger partial charge on any atom is 0.0279 e. The Morgan fingerprint density at radius 3 is 2.00 bits per heavy atom. The number of halogens is 1. The zero-order valence-corrected chi connectivity index (χ0v) is 7.45. The lowest BCUT2D eigenvalue weighted by Gasteiger charge is -1.86. The first kappa shape index (κ1) is 11.5. The average Bonchev–Trinajstić information content (AvgIpc) is 1.96. The molecule has 9 heavy (non-hydrogen) atoms. The number of alkyl halides is 1. The van der Waals surface area contributed by atoms with Gasteiger partial charge >= 0.3 is 0 Å². The van der Waals surface area contributed by atoms with Crippen LogP contribution < -0.4 is 0 Å². The van der Waals surface area contributed by atoms with Crippen LogP contribution in [0, 0.1) is 0 Å². The van der Waals surface area contributed by atoms with E-state index in [1.165, 1.54) is 5.57 Å². The highest BCUT2D eigenvalue weighted by Gasteiger charge is 1.79. The van der Waals surface area contributed by atoms with Crippen molar-refractivity contribution in [2.75, 3.05) is 5.33 Å². The van der Waals surface area contributed by atoms with Gasteiger partial charge in [0.25, 0.3) is 0 Å². The lowest BCUT2D eigenvalue weighted by Crippen LogP contribution is -1.72. The Hall–Kier alpha value is -0.300. The van der Waals surface area contributed by atoms with Crippen molar-refractivity contribution in [2.24, 2.45) is 0 Å². The predicted octanol–water partition coefficient (Wildman–Crippen LogP) is 3.32. The van der Waals surface area contributed by atoms with Crippen molar-refractivity contribution in [1.29, 1.82) is 0 Å². The summed E-state index contributed by atoms with van der Waals surface area (Å²) >= 11 is 3.30. The number of hydrogen-bond donors (Lipinski definition) is 0. The van der Waals surface area contributed by atoms with Gasteiger partial charge in [0.05, 0.1) is 0 Å². The van der Waals surface area contributed by atoms with Crippen LogP contribution in [-0.4, -0.2) is 5.33 Å². The minimum Gasteiger partial charge on any atom is -0.106 e. The summed E-state index contributed by atoms with van der Waals surface area (Å²) in [6, 6.07) is 0. The van der Waals surface area contributed by atoms with E-state index in [1.807, 2.05) is 19.1 Å². The molecule has 0 saturated carbocycles. The second-order valence-corrected chi connectivity index (χ2v) is 1.76. The van der Waals surface area contributed by atoms with Gasteiger partial charge in [-0.05, 0) is 12.5 Å². The Balaban J connectivity index is 0. The highest BCUT2D eigenvalue weighted by Crippen LogP contribution is 1.98. The molecule has 0 aromatic rings. The van der Waals surface area contributed by atoms with E-state index in [0.717, 1.165) is 5.33 Å². The largest absolute Gasteiger partial charge is 0.106 e. The van der Waals surface area contributed by atoms with Gasteiger partial charge < -0.3 is 0 Å². The molecule has 0 amide bonds. The van der Waals surface area contributed by atoms with Gasteiger partial charge in [-0.3, -0.25) is 0 Å². The Labute approximate surface area is 66.1 Å². The molecule has 0 saturated heterocycles. The molecule has 0 nitrogen and oxygen atoms in total. The Bertz CT molecular complexity index is 92.7. The van der Waals surface area contributed by atoms with Crippen LogP contribution in [0.15, 0.2) is 37.5 Å². The van der Waals surface area contributed by atoms with E-state index in [0.29, 0.717) is 0 Å². The minimum absolute atomic E-state index is 0.910. The highest BCUT2D eigenvalue weighted by atomic mass is 79.9. The molecule has 0 fully saturated rings. The molecule has 0 aliphatic heterocycles. The van der Waals surface area contributed by atoms with Crippen LogP contribution in [0.4, 0.5) is 0 Å². The molecule has 0 bridgehead atoms. The first-order chi connectivity index (χ1) is 4.35. The number of rotatable bonds is 2. The summed E-state index contributed by atoms with van der Waals surface area (Å²) in [5.74, 6) is 0. The van der Waals surface area contributed by atoms with Gasteiger partial charge in [0.2, 0.25) is 0 Å². The molecule has 0 N–H and O–H groups in total. The first-order valence-corrected chi connectivity index (χ1v) is 3.81. The fraction of sp³-hybridized carbons (Fsp3) is 0.250. The van der Waals surface area contributed by atoms with Crippen molar-refractivity contribution in [3.63, 3.8) is 0 Å². The third-order valence-corrected chi connectivity index (χ3v) is 1.43. The molecule has 0 rings (SSSR count). The standard InChI is InChI=1S/C6H9Br.C2H4/c1-3-6(4-2)5-7;1-2/h3-4H,1,5H2,2H3;1-2H2/b6-4+;. The van der Waals surface area contributed by atoms with E-state index in [9.17, 15) is 0 Å². The minimum atomic E-state index is 0.910. The molecule has 0 aliphatic carbocycles. The Kier molecular flexibility index (Phi) is 13.6. The van der Waals surface area contributed by atoms with Gasteiger partial charge in [-0.1, -0.05) is 34.7 Å². The van der Waals surface area contributed by atoms with Gasteiger partial charge in [0.1, 0.15) is 0 Å². The van der Waals surface area contributed by atoms with Crippen LogP contribution in [0.5, 0.6) is 0 Å². The van der Waals surface area contributed by atoms with E-state index < -0.39 is 0 Å². The first-order valence-electron chi connectivity index (χ1n) is 2.68. The Morgan fingerprint density at radius 2 is 2.00 bits per heavy atom. The number of allylic oxidation sites excluding steroid dienone is 3. The lowest BCUT2D eigenvalue weighted by molar-refractivity contribution is 1.52. The summed E-state index contributed by atoms with van der Waals surface area (Å²) in [4.78, 5) is 0. The van der Waals surface area contributed by atoms with Crippen molar-refractivity contribution >= 4 is 15.9 Å². The molecular formula is C8H13Br. The van der Waals surface area contributed by atoms with Crippen LogP contribution in [-0.2, 0) is 0 Å². The summed E-state index contributed by atoms with van der Waals surface area (Å²) in [6.07, 6.45) is 3.87. The van der Waals surface area contributed by atoms with Crippen LogP contribution >= 0.6 is 15.9 Å². The van der Waals surface area contributed by atoms with Crippen molar-refractivity contribution in [3.05, 3.63) is 37.5 Å². The van der Waals surface area contributed by atoms with Crippen molar-refractivity contribution < 1.29 is 0 Å². The van der Waals surface area contributed by atoms with Crippen LogP contribution in [0.25, 0.3) is 0 Å². The maximum absolute atomic E-state index is 3.60. The molecule has 0 spiro atoms. The van der Waals surface area contributed by atoms with Gasteiger partial charge in [-0.25, -0.2) is 0 Å². The highest BCUT2D eigenvalue weighted by molar-refractivity contribution is 9.09. The zero-order chi connectivity index (χ0) is 7.70. The summed E-state index contributed by atoms with van der Waals surface area (Å²) in [5, 5.41) is 0.910. The second kappa shape index (κ2) is 10.6. The maximum atomic E-state index is 3.60. The van der Waals surface area contributed by atoms with Gasteiger partial charge in [-0.2, -0.15) is 0 Å². The van der Waals surface area contributed by atoms with Crippen LogP contribution in [0.1, 0.15) is 6.92 Å². The van der Waals surface area contributed by atoms with Crippen LogP contribution in [0.2, 0.25) is 0 Å². The van der Waals surface area contributed by atoms with Crippen molar-refractivity contribution in [2.45, 2.75) is 6.92 Å². The van der Waals surface area contributed by atoms with E-state index in [1.54, 1.807) is 0 Å². The molecule has 52 valence electrons. The molecule has 0 radical (unpaired) electrons. The molecule has 0 aliphatic rings. The Morgan fingerprint density at radius 1 is 1.56 bits per heavy atom. The molecule has 1 heteroatoms. The second-order valence-electron chi connectivity index (χ2n) is 1.20. The SMILES string of the molecule is C=C.C=C/C(=C\C)CBr. The molecule has 0 atom stereocenters. The monoisotopic (exact) mass is 188 g/mol. The van der Waals surface area contributed by atoms with Gasteiger partial charge in [0, 0.05) is 5.33 Å². The molecule has 0 unspecified atom stereocenters. The molecular weight excluding hydrogens is 176 g/mol. The van der Waals surface area contributed by atoms with Crippen molar-refractivity contribution in [1.82, 2.24) is 0 Å². The van der Waals surface area contributed by atoms with E-state index >= 15 is 0 Å². The van der Waals surface area contributed by atoms with E-state index in [4.69, 9.17) is 0 Å². The third-order valence-electron chi connectivity index (χ3n) is 0.787. The topological polar surface area (TPSA) is 0 Å². The normalized spacial score (nSPS) is 9.33. The van der Waals surface area contributed by atoms with Crippen molar-refractivity contribution in [3.8, 4) is 0 Å². The smallest absolute Gasteiger partial charge is 0.0279 e. The lowest BCUT2D eigenvalue weighted by atomic mass is 10.3. The summed E-state index contributed by atoms with van der Waals surface area (Å²) in [6.45, 7) is 11.6. The van der Waals surface area contributed by atoms with E-state index in [-0.39, 0.29) is 0 Å². The molecule has 0 heterocycles. The number of hydrogen-bond acceptors (Lipinski definition) is 0. The summed E-state index contributed by atoms with van der Waals surface area (Å²) in [5.41, 5.74) is 1.24. The third kappa shape index (κ3) is 7.70. The van der Waals surface area contributed by atoms with E-state index in [2.05, 4.69) is 35.7 Å². The van der Waals surface area contributed by atoms with Gasteiger partial charge in [0.15, 0.2) is 0 Å². The average molecular weight is 189 g/mol. The summed E-state index contributed by atoms with van der Waals surface area (Å²) in [7, 11) is 0.